The van der Waals surface area contributed by atoms with E-state index in [-0.39, 0.29) is 0 Å². The van der Waals surface area contributed by atoms with Gasteiger partial charge in [0.1, 0.15) is 0 Å². The summed E-state index contributed by atoms with van der Waals surface area (Å²) >= 11 is 0. The molecule has 0 bridgehead atoms. The summed E-state index contributed by atoms with van der Waals surface area (Å²) in [4.78, 5) is 11.4. The highest BCUT2D eigenvalue weighted by Gasteiger charge is 2.38. The number of rotatable bonds is 4. The highest BCUT2D eigenvalue weighted by atomic mass is 32.2. The zero-order valence-corrected chi connectivity index (χ0v) is 13.0. The number of ether oxygens (including phenoxy) is 1. The fraction of sp³-hybridized carbons (Fsp3) is 0.923. The van der Waals surface area contributed by atoms with Gasteiger partial charge < -0.3 is 10.1 Å². The van der Waals surface area contributed by atoms with Crippen molar-refractivity contribution in [2.45, 2.75) is 43.9 Å². The Kier molecular flexibility index (Phi) is 5.04. The number of nitrogens with zero attached hydrogens (tertiary/aromatic N) is 1. The Morgan fingerprint density at radius 2 is 1.95 bits per heavy atom. The van der Waals surface area contributed by atoms with E-state index in [1.165, 1.54) is 31.2 Å². The molecular formula is C13H24N2O4S. The number of piperidine rings is 1. The predicted molar refractivity (Wildman–Crippen MR) is 75.7 cm³/mol. The smallest absolute Gasteiger partial charge is 0.325 e. The van der Waals surface area contributed by atoms with E-state index in [1.807, 2.05) is 0 Å². The Balaban J connectivity index is 1.93. The molecule has 1 N–H and O–H groups in total. The Bertz CT molecular complexity index is 437. The van der Waals surface area contributed by atoms with Crippen LogP contribution in [0.25, 0.3) is 0 Å². The molecule has 6 nitrogen and oxygen atoms in total. The monoisotopic (exact) mass is 304 g/mol. The lowest BCUT2D eigenvalue weighted by molar-refractivity contribution is -0.139. The summed E-state index contributed by atoms with van der Waals surface area (Å²) in [5.74, 6) is -0.137. The number of esters is 1. The molecule has 2 atom stereocenters. The largest absolute Gasteiger partial charge is 0.468 e. The average Bonchev–Trinajstić information content (AvgIpc) is 3.00. The summed E-state index contributed by atoms with van der Waals surface area (Å²) in [5, 5.41) is 2.37. The Hall–Kier alpha value is -0.660. The average molecular weight is 304 g/mol. The third-order valence-electron chi connectivity index (χ3n) is 4.51. The summed E-state index contributed by atoms with van der Waals surface area (Å²) in [5.41, 5.74) is 0. The zero-order valence-electron chi connectivity index (χ0n) is 12.2. The maximum Gasteiger partial charge on any atom is 0.325 e. The maximum atomic E-state index is 12.3. The molecule has 0 radical (unpaired) electrons. The summed E-state index contributed by atoms with van der Waals surface area (Å²) in [6, 6.07) is 0.540. The van der Waals surface area contributed by atoms with Crippen LogP contribution < -0.4 is 5.32 Å². The van der Waals surface area contributed by atoms with E-state index in [1.54, 1.807) is 0 Å². The van der Waals surface area contributed by atoms with E-state index < -0.39 is 21.2 Å². The zero-order chi connectivity index (χ0) is 14.8. The van der Waals surface area contributed by atoms with Gasteiger partial charge in [-0.2, -0.15) is 0 Å². The second-order valence-electron chi connectivity index (χ2n) is 5.65. The SMILES string of the molecule is COC(=O)C(C)S(=O)(=O)N1CCC(C2CCCN2)CC1. The fourth-order valence-corrected chi connectivity index (χ4v) is 4.66. The molecule has 0 aromatic heterocycles. The molecule has 116 valence electrons. The van der Waals surface area contributed by atoms with Crippen LogP contribution in [0.4, 0.5) is 0 Å². The molecule has 2 heterocycles. The lowest BCUT2D eigenvalue weighted by Crippen LogP contribution is -2.47. The van der Waals surface area contributed by atoms with Gasteiger partial charge >= 0.3 is 5.97 Å². The maximum absolute atomic E-state index is 12.3. The molecule has 0 aromatic carbocycles. The quantitative estimate of drug-likeness (QED) is 0.758. The van der Waals surface area contributed by atoms with Crippen molar-refractivity contribution in [1.29, 1.82) is 0 Å². The summed E-state index contributed by atoms with van der Waals surface area (Å²) in [7, 11) is -2.37. The molecule has 7 heteroatoms. The third kappa shape index (κ3) is 3.15. The second kappa shape index (κ2) is 6.41. The third-order valence-corrected chi connectivity index (χ3v) is 6.68. The number of nitrogens with one attached hydrogen (secondary N) is 1. The van der Waals surface area contributed by atoms with Crippen molar-refractivity contribution >= 4 is 16.0 Å². The van der Waals surface area contributed by atoms with Gasteiger partial charge in [-0.15, -0.1) is 0 Å². The van der Waals surface area contributed by atoms with E-state index in [0.29, 0.717) is 25.0 Å². The van der Waals surface area contributed by atoms with Crippen LogP contribution >= 0.6 is 0 Å². The minimum atomic E-state index is -3.58. The van der Waals surface area contributed by atoms with Gasteiger partial charge in [0.2, 0.25) is 10.0 Å². The van der Waals surface area contributed by atoms with Crippen molar-refractivity contribution in [1.82, 2.24) is 9.62 Å². The Morgan fingerprint density at radius 1 is 1.30 bits per heavy atom. The molecule has 0 saturated carbocycles. The molecule has 2 aliphatic heterocycles. The highest BCUT2D eigenvalue weighted by molar-refractivity contribution is 7.90. The van der Waals surface area contributed by atoms with Crippen molar-refractivity contribution in [3.05, 3.63) is 0 Å². The van der Waals surface area contributed by atoms with Crippen LogP contribution in [-0.4, -0.2) is 56.7 Å². The molecule has 2 unspecified atom stereocenters. The van der Waals surface area contributed by atoms with Crippen LogP contribution in [0.3, 0.4) is 0 Å². The predicted octanol–water partition coefficient (Wildman–Crippen LogP) is 0.342. The number of hydrogen-bond acceptors (Lipinski definition) is 5. The first kappa shape index (κ1) is 15.7. The van der Waals surface area contributed by atoms with E-state index >= 15 is 0 Å². The van der Waals surface area contributed by atoms with Gasteiger partial charge in [0, 0.05) is 19.1 Å². The van der Waals surface area contributed by atoms with Gasteiger partial charge in [-0.25, -0.2) is 12.7 Å². The molecule has 0 aliphatic carbocycles. The second-order valence-corrected chi connectivity index (χ2v) is 7.90. The number of sulfonamides is 1. The number of methoxy groups -OCH3 is 1. The van der Waals surface area contributed by atoms with Gasteiger partial charge in [0.05, 0.1) is 7.11 Å². The summed E-state index contributed by atoms with van der Waals surface area (Å²) in [6.45, 7) is 3.48. The number of carbonyl (C=O) groups is 1. The number of carbonyl (C=O) groups excluding carboxylic acids is 1. The fourth-order valence-electron chi connectivity index (χ4n) is 3.16. The van der Waals surface area contributed by atoms with Gasteiger partial charge in [-0.1, -0.05) is 0 Å². The molecule has 0 aromatic rings. The summed E-state index contributed by atoms with van der Waals surface area (Å²) < 4.78 is 30.6. The van der Waals surface area contributed by atoms with E-state index in [0.717, 1.165) is 19.4 Å². The van der Waals surface area contributed by atoms with Crippen molar-refractivity contribution in [3.63, 3.8) is 0 Å². The van der Waals surface area contributed by atoms with Gasteiger partial charge in [0.25, 0.3) is 0 Å². The molecule has 20 heavy (non-hydrogen) atoms. The van der Waals surface area contributed by atoms with Crippen LogP contribution in [0.2, 0.25) is 0 Å². The van der Waals surface area contributed by atoms with E-state index in [2.05, 4.69) is 10.1 Å². The Labute approximate surface area is 120 Å². The molecule has 2 fully saturated rings. The molecule has 0 amide bonds. The van der Waals surface area contributed by atoms with Crippen LogP contribution in [-0.2, 0) is 19.6 Å². The van der Waals surface area contributed by atoms with Crippen molar-refractivity contribution in [2.24, 2.45) is 5.92 Å². The van der Waals surface area contributed by atoms with Crippen LogP contribution in [0.5, 0.6) is 0 Å². The molecule has 2 aliphatic rings. The van der Waals surface area contributed by atoms with Crippen molar-refractivity contribution in [2.75, 3.05) is 26.7 Å². The van der Waals surface area contributed by atoms with E-state index in [4.69, 9.17) is 0 Å². The first-order valence-corrected chi connectivity index (χ1v) is 8.77. The molecule has 2 rings (SSSR count). The normalized spacial score (nSPS) is 27.4. The first-order valence-electron chi connectivity index (χ1n) is 7.27. The topological polar surface area (TPSA) is 75.7 Å². The number of hydrogen-bond donors (Lipinski definition) is 1. The molecular weight excluding hydrogens is 280 g/mol. The lowest BCUT2D eigenvalue weighted by Gasteiger charge is -2.35. The highest BCUT2D eigenvalue weighted by Crippen LogP contribution is 2.27. The molecule has 2 saturated heterocycles. The standard InChI is InChI=1S/C13H24N2O4S/c1-10(13(16)19-2)20(17,18)15-8-5-11(6-9-15)12-4-3-7-14-12/h10-12,14H,3-9H2,1-2H3. The lowest BCUT2D eigenvalue weighted by atomic mass is 9.89. The van der Waals surface area contributed by atoms with Crippen molar-refractivity contribution < 1.29 is 17.9 Å². The molecule has 0 spiro atoms. The van der Waals surface area contributed by atoms with Gasteiger partial charge in [0.15, 0.2) is 5.25 Å². The van der Waals surface area contributed by atoms with Crippen LogP contribution in [0.1, 0.15) is 32.6 Å². The van der Waals surface area contributed by atoms with Crippen LogP contribution in [0.15, 0.2) is 0 Å². The Morgan fingerprint density at radius 3 is 2.45 bits per heavy atom. The minimum Gasteiger partial charge on any atom is -0.468 e. The first-order chi connectivity index (χ1) is 9.46. The summed E-state index contributed by atoms with van der Waals surface area (Å²) in [6.07, 6.45) is 4.13. The van der Waals surface area contributed by atoms with E-state index in [9.17, 15) is 13.2 Å². The minimum absolute atomic E-state index is 0.506. The van der Waals surface area contributed by atoms with Gasteiger partial charge in [-0.05, 0) is 45.1 Å². The van der Waals surface area contributed by atoms with Crippen molar-refractivity contribution in [3.8, 4) is 0 Å². The van der Waals surface area contributed by atoms with Crippen LogP contribution in [0, 0.1) is 5.92 Å². The van der Waals surface area contributed by atoms with Gasteiger partial charge in [-0.3, -0.25) is 4.79 Å².